The molecule has 0 aliphatic carbocycles. The zero-order chi connectivity index (χ0) is 23.1. The van der Waals surface area contributed by atoms with Gasteiger partial charge in [0.2, 0.25) is 5.88 Å². The lowest BCUT2D eigenvalue weighted by Crippen LogP contribution is -2.26. The van der Waals surface area contributed by atoms with E-state index in [-0.39, 0.29) is 29.4 Å². The first-order valence-corrected chi connectivity index (χ1v) is 11.6. The number of nitrogens with zero attached hydrogens (tertiary/aromatic N) is 1. The highest BCUT2D eigenvalue weighted by Crippen LogP contribution is 2.49. The van der Waals surface area contributed by atoms with Crippen LogP contribution in [0, 0.1) is 11.3 Å². The molecule has 1 aromatic rings. The Kier molecular flexibility index (Phi) is 9.26. The Bertz CT molecular complexity index is 950. The van der Waals surface area contributed by atoms with Gasteiger partial charge < -0.3 is 24.7 Å². The number of carbonyl (C=O) groups excluding carboxylic acids is 1. The molecule has 31 heavy (non-hydrogen) atoms. The van der Waals surface area contributed by atoms with Crippen molar-refractivity contribution in [2.75, 3.05) is 19.8 Å². The summed E-state index contributed by atoms with van der Waals surface area (Å²) in [5.74, 6) is -0.105. The van der Waals surface area contributed by atoms with Crippen LogP contribution in [0.2, 0.25) is 0 Å². The Morgan fingerprint density at radius 1 is 1.23 bits per heavy atom. The van der Waals surface area contributed by atoms with Crippen LogP contribution in [0.15, 0.2) is 37.8 Å². The largest absolute Gasteiger partial charge is 0.490 e. The topological polar surface area (TPSA) is 104 Å². The Balaban J connectivity index is 2.72. The molecule has 1 aliphatic heterocycles. The molecule has 7 nitrogen and oxygen atoms in total. The van der Waals surface area contributed by atoms with Crippen molar-refractivity contribution in [3.05, 3.63) is 43.4 Å². The van der Waals surface area contributed by atoms with Crippen molar-refractivity contribution in [1.82, 2.24) is 0 Å². The Hall–Kier alpha value is -2.18. The number of ether oxygens (including phenoxy) is 4. The summed E-state index contributed by atoms with van der Waals surface area (Å²) < 4.78 is 23.8. The molecule has 0 saturated heterocycles. The van der Waals surface area contributed by atoms with Gasteiger partial charge in [-0.05, 0) is 70.7 Å². The number of nitrogens with two attached hydrogens (primary N) is 1. The quantitative estimate of drug-likeness (QED) is 0.318. The van der Waals surface area contributed by atoms with E-state index in [9.17, 15) is 10.1 Å². The third-order valence-corrected chi connectivity index (χ3v) is 6.76. The van der Waals surface area contributed by atoms with Gasteiger partial charge in [-0.25, -0.2) is 4.79 Å². The molecular weight excluding hydrogens is 532 g/mol. The fraction of sp³-hybridized carbons (Fsp3) is 0.455. The fourth-order valence-electron chi connectivity index (χ4n) is 3.20. The van der Waals surface area contributed by atoms with Gasteiger partial charge in [0.25, 0.3) is 0 Å². The summed E-state index contributed by atoms with van der Waals surface area (Å²) in [6.07, 6.45) is 1.88. The average Bonchev–Trinajstić information content (AvgIpc) is 2.72. The molecule has 1 aromatic carbocycles. The second-order valence-corrected chi connectivity index (χ2v) is 8.26. The minimum Gasteiger partial charge on any atom is -0.490 e. The lowest BCUT2D eigenvalue weighted by atomic mass is 9.83. The summed E-state index contributed by atoms with van der Waals surface area (Å²) in [7, 11) is 0. The van der Waals surface area contributed by atoms with Crippen molar-refractivity contribution < 1.29 is 23.7 Å². The molecule has 0 amide bonds. The zero-order valence-electron chi connectivity index (χ0n) is 18.0. The number of hydrogen-bond acceptors (Lipinski definition) is 7. The van der Waals surface area contributed by atoms with Crippen molar-refractivity contribution in [2.45, 2.75) is 46.5 Å². The summed E-state index contributed by atoms with van der Waals surface area (Å²) in [4.78, 5) is 12.8. The molecule has 0 spiro atoms. The van der Waals surface area contributed by atoms with E-state index in [1.54, 1.807) is 19.9 Å². The number of benzene rings is 1. The molecule has 1 aliphatic rings. The predicted octanol–water partition coefficient (Wildman–Crippen LogP) is 5.43. The van der Waals surface area contributed by atoms with E-state index < -0.39 is 11.9 Å². The number of hydrogen-bond donors (Lipinski definition) is 1. The number of rotatable bonds is 9. The van der Waals surface area contributed by atoms with Crippen molar-refractivity contribution in [2.24, 2.45) is 5.73 Å². The van der Waals surface area contributed by atoms with E-state index in [4.69, 9.17) is 24.7 Å². The van der Waals surface area contributed by atoms with Crippen molar-refractivity contribution in [3.8, 4) is 17.6 Å². The average molecular weight is 558 g/mol. The maximum Gasteiger partial charge on any atom is 0.338 e. The third-order valence-electron chi connectivity index (χ3n) is 4.61. The minimum absolute atomic E-state index is 0.0534. The van der Waals surface area contributed by atoms with Crippen LogP contribution < -0.4 is 15.2 Å². The highest BCUT2D eigenvalue weighted by Gasteiger charge is 2.38. The van der Waals surface area contributed by atoms with Crippen molar-refractivity contribution >= 4 is 37.8 Å². The summed E-state index contributed by atoms with van der Waals surface area (Å²) in [6, 6.07) is 3.84. The van der Waals surface area contributed by atoms with Gasteiger partial charge in [-0.1, -0.05) is 13.3 Å². The van der Waals surface area contributed by atoms with E-state index in [2.05, 4.69) is 44.9 Å². The van der Waals surface area contributed by atoms with E-state index in [1.807, 2.05) is 6.92 Å². The molecule has 0 fully saturated rings. The van der Waals surface area contributed by atoms with Crippen LogP contribution in [0.1, 0.15) is 52.0 Å². The fourth-order valence-corrected chi connectivity index (χ4v) is 4.26. The first-order chi connectivity index (χ1) is 14.8. The van der Waals surface area contributed by atoms with Gasteiger partial charge in [-0.2, -0.15) is 5.26 Å². The van der Waals surface area contributed by atoms with Crippen LogP contribution in [0.5, 0.6) is 11.5 Å². The number of esters is 1. The van der Waals surface area contributed by atoms with Crippen LogP contribution in [-0.4, -0.2) is 25.8 Å². The van der Waals surface area contributed by atoms with E-state index in [0.717, 1.165) is 12.8 Å². The van der Waals surface area contributed by atoms with Gasteiger partial charge in [0.05, 0.1) is 35.8 Å². The van der Waals surface area contributed by atoms with Gasteiger partial charge in [0, 0.05) is 4.47 Å². The number of allylic oxidation sites excluding steroid dienone is 2. The van der Waals surface area contributed by atoms with Gasteiger partial charge >= 0.3 is 5.97 Å². The first kappa shape index (κ1) is 25.1. The highest BCUT2D eigenvalue weighted by molar-refractivity contribution is 9.13. The Labute approximate surface area is 199 Å². The molecule has 1 unspecified atom stereocenters. The summed E-state index contributed by atoms with van der Waals surface area (Å²) in [6.45, 7) is 8.40. The molecule has 0 saturated carbocycles. The number of unbranched alkanes of at least 4 members (excludes halogenated alkanes) is 1. The van der Waals surface area contributed by atoms with Gasteiger partial charge in [0.1, 0.15) is 17.4 Å². The maximum absolute atomic E-state index is 12.8. The van der Waals surface area contributed by atoms with Crippen LogP contribution >= 0.6 is 31.9 Å². The van der Waals surface area contributed by atoms with Gasteiger partial charge in [-0.15, -0.1) is 0 Å². The normalized spacial score (nSPS) is 16.0. The third kappa shape index (κ3) is 5.36. The van der Waals surface area contributed by atoms with Gasteiger partial charge in [0.15, 0.2) is 11.5 Å². The van der Waals surface area contributed by atoms with Crippen LogP contribution in [-0.2, 0) is 14.3 Å². The summed E-state index contributed by atoms with van der Waals surface area (Å²) >= 11 is 7.19. The standard InChI is InChI=1S/C22H26Br2N2O5/c1-5-8-9-30-20-15(28-6-2)10-13(18(23)19(20)24)17-14(11-25)21(26)31-12(4)16(17)22(27)29-7-3/h10,17H,5-9,26H2,1-4H3. The molecule has 0 aromatic heterocycles. The van der Waals surface area contributed by atoms with E-state index in [0.29, 0.717) is 39.2 Å². The monoisotopic (exact) mass is 556 g/mol. The van der Waals surface area contributed by atoms with Gasteiger partial charge in [-0.3, -0.25) is 0 Å². The van der Waals surface area contributed by atoms with Crippen molar-refractivity contribution in [1.29, 1.82) is 5.26 Å². The lowest BCUT2D eigenvalue weighted by Gasteiger charge is -2.28. The molecule has 2 N–H and O–H groups in total. The SMILES string of the molecule is CCCCOc1c(OCC)cc(C2C(C#N)=C(N)OC(C)=C2C(=O)OCC)c(Br)c1Br. The first-order valence-electron chi connectivity index (χ1n) is 10.0. The molecule has 2 rings (SSSR count). The number of nitriles is 1. The minimum atomic E-state index is -0.799. The van der Waals surface area contributed by atoms with Crippen LogP contribution in [0.4, 0.5) is 0 Å². The molecular formula is C22H26Br2N2O5. The lowest BCUT2D eigenvalue weighted by molar-refractivity contribution is -0.139. The van der Waals surface area contributed by atoms with E-state index in [1.165, 1.54) is 0 Å². The molecule has 168 valence electrons. The summed E-state index contributed by atoms with van der Waals surface area (Å²) in [5.41, 5.74) is 6.93. The second kappa shape index (κ2) is 11.4. The molecule has 0 bridgehead atoms. The smallest absolute Gasteiger partial charge is 0.338 e. The van der Waals surface area contributed by atoms with Crippen LogP contribution in [0.25, 0.3) is 0 Å². The second-order valence-electron chi connectivity index (χ2n) is 6.67. The summed E-state index contributed by atoms with van der Waals surface area (Å²) in [5, 5.41) is 9.81. The molecule has 1 atom stereocenters. The van der Waals surface area contributed by atoms with Crippen molar-refractivity contribution in [3.63, 3.8) is 0 Å². The Morgan fingerprint density at radius 2 is 1.94 bits per heavy atom. The molecule has 1 heterocycles. The highest BCUT2D eigenvalue weighted by atomic mass is 79.9. The molecule has 0 radical (unpaired) electrons. The Morgan fingerprint density at radius 3 is 2.52 bits per heavy atom. The number of carbonyl (C=O) groups is 1. The van der Waals surface area contributed by atoms with E-state index >= 15 is 0 Å². The maximum atomic E-state index is 12.8. The van der Waals surface area contributed by atoms with Crippen LogP contribution in [0.3, 0.4) is 0 Å². The zero-order valence-corrected chi connectivity index (χ0v) is 21.2. The predicted molar refractivity (Wildman–Crippen MR) is 123 cm³/mol. The molecule has 9 heteroatoms. The number of halogens is 2.